The van der Waals surface area contributed by atoms with E-state index in [0.29, 0.717) is 0 Å². The second-order valence-corrected chi connectivity index (χ2v) is 6.42. The largest absolute Gasteiger partial charge is 0.383 e. The summed E-state index contributed by atoms with van der Waals surface area (Å²) < 4.78 is 5.01. The van der Waals surface area contributed by atoms with Crippen molar-refractivity contribution in [1.29, 1.82) is 0 Å². The molecule has 0 bridgehead atoms. The van der Waals surface area contributed by atoms with E-state index in [9.17, 15) is 0 Å². The Morgan fingerprint density at radius 3 is 2.95 bits per heavy atom. The molecule has 1 aromatic heterocycles. The Morgan fingerprint density at radius 2 is 2.19 bits per heavy atom. The second-order valence-electron chi connectivity index (χ2n) is 4.87. The van der Waals surface area contributed by atoms with Gasteiger partial charge in [0, 0.05) is 35.0 Å². The lowest BCUT2D eigenvalue weighted by Gasteiger charge is -2.03. The lowest BCUT2D eigenvalue weighted by atomic mass is 10.2. The monoisotopic (exact) mass is 321 g/mol. The summed E-state index contributed by atoms with van der Waals surface area (Å²) >= 11 is 7.82. The van der Waals surface area contributed by atoms with Gasteiger partial charge in [0.25, 0.3) is 0 Å². The Morgan fingerprint density at radius 1 is 1.33 bits per heavy atom. The first-order valence-electron chi connectivity index (χ1n) is 6.91. The number of ether oxygens (including phenoxy) is 1. The van der Waals surface area contributed by atoms with Crippen LogP contribution in [0.5, 0.6) is 0 Å². The predicted octanol–water partition coefficient (Wildman–Crippen LogP) is 4.71. The Hall–Kier alpha value is -1.13. The fourth-order valence-electron chi connectivity index (χ4n) is 1.98. The van der Waals surface area contributed by atoms with Crippen LogP contribution in [0.15, 0.2) is 42.0 Å². The molecular formula is C17H20ClNOS. The van der Waals surface area contributed by atoms with Crippen LogP contribution in [-0.2, 0) is 4.74 Å². The Bertz CT molecular complexity index is 606. The molecule has 0 atom stereocenters. The van der Waals surface area contributed by atoms with Gasteiger partial charge in [0.2, 0.25) is 0 Å². The number of halogens is 1. The predicted molar refractivity (Wildman–Crippen MR) is 93.2 cm³/mol. The molecule has 0 aliphatic rings. The minimum atomic E-state index is 0.741. The van der Waals surface area contributed by atoms with Crippen LogP contribution >= 0.6 is 22.9 Å². The van der Waals surface area contributed by atoms with Crippen molar-refractivity contribution < 1.29 is 4.74 Å². The van der Waals surface area contributed by atoms with E-state index in [-0.39, 0.29) is 0 Å². The quantitative estimate of drug-likeness (QED) is 0.746. The molecule has 4 heteroatoms. The number of hydrogen-bond donors (Lipinski definition) is 1. The topological polar surface area (TPSA) is 21.3 Å². The van der Waals surface area contributed by atoms with Crippen molar-refractivity contribution in [3.8, 4) is 10.4 Å². The highest BCUT2D eigenvalue weighted by atomic mass is 35.5. The minimum Gasteiger partial charge on any atom is -0.383 e. The standard InChI is InChI=1S/C17H20ClNOS/c1-13(12-19-8-9-20-2)10-16-6-7-17(21-16)14-4-3-5-15(18)11-14/h3-7,10-11,19H,8-9,12H2,1-2H3. The first-order valence-corrected chi connectivity index (χ1v) is 8.11. The Labute approximate surface area is 135 Å². The van der Waals surface area contributed by atoms with Crippen LogP contribution < -0.4 is 5.32 Å². The van der Waals surface area contributed by atoms with Gasteiger partial charge in [0.1, 0.15) is 0 Å². The summed E-state index contributed by atoms with van der Waals surface area (Å²) in [5, 5.41) is 4.12. The van der Waals surface area contributed by atoms with E-state index in [4.69, 9.17) is 16.3 Å². The average molecular weight is 322 g/mol. The zero-order chi connectivity index (χ0) is 15.1. The van der Waals surface area contributed by atoms with Gasteiger partial charge >= 0.3 is 0 Å². The van der Waals surface area contributed by atoms with Crippen LogP contribution in [0.25, 0.3) is 16.5 Å². The maximum Gasteiger partial charge on any atom is 0.0587 e. The molecule has 0 aliphatic heterocycles. The van der Waals surface area contributed by atoms with Gasteiger partial charge in [-0.2, -0.15) is 0 Å². The Kier molecular flexibility index (Phi) is 6.46. The molecule has 0 saturated carbocycles. The van der Waals surface area contributed by atoms with Crippen molar-refractivity contribution in [2.75, 3.05) is 26.8 Å². The van der Waals surface area contributed by atoms with Crippen LogP contribution in [0.1, 0.15) is 11.8 Å². The molecule has 1 heterocycles. The average Bonchev–Trinajstić information content (AvgIpc) is 2.92. The van der Waals surface area contributed by atoms with E-state index in [2.05, 4.69) is 36.5 Å². The molecule has 0 fully saturated rings. The van der Waals surface area contributed by atoms with Crippen molar-refractivity contribution in [2.24, 2.45) is 0 Å². The van der Waals surface area contributed by atoms with E-state index < -0.39 is 0 Å². The highest BCUT2D eigenvalue weighted by Crippen LogP contribution is 2.30. The highest BCUT2D eigenvalue weighted by molar-refractivity contribution is 7.16. The van der Waals surface area contributed by atoms with Gasteiger partial charge in [-0.3, -0.25) is 0 Å². The molecular weight excluding hydrogens is 302 g/mol. The SMILES string of the molecule is COCCNCC(C)=Cc1ccc(-c2cccc(Cl)c2)s1. The van der Waals surface area contributed by atoms with E-state index in [1.54, 1.807) is 18.4 Å². The molecule has 2 rings (SSSR count). The van der Waals surface area contributed by atoms with Crippen LogP contribution in [0.4, 0.5) is 0 Å². The molecule has 1 aromatic carbocycles. The lowest BCUT2D eigenvalue weighted by molar-refractivity contribution is 0.200. The van der Waals surface area contributed by atoms with Gasteiger partial charge in [-0.1, -0.05) is 29.3 Å². The molecule has 0 radical (unpaired) electrons. The summed E-state index contributed by atoms with van der Waals surface area (Å²) in [5.41, 5.74) is 2.48. The number of thiophene rings is 1. The summed E-state index contributed by atoms with van der Waals surface area (Å²) in [6, 6.07) is 12.3. The summed E-state index contributed by atoms with van der Waals surface area (Å²) in [6.45, 7) is 4.64. The molecule has 0 saturated heterocycles. The fourth-order valence-corrected chi connectivity index (χ4v) is 3.20. The third-order valence-corrected chi connectivity index (χ3v) is 4.33. The molecule has 0 unspecified atom stereocenters. The van der Waals surface area contributed by atoms with Gasteiger partial charge in [-0.05, 0) is 42.8 Å². The van der Waals surface area contributed by atoms with Crippen LogP contribution in [0.2, 0.25) is 5.02 Å². The molecule has 0 aliphatic carbocycles. The molecule has 21 heavy (non-hydrogen) atoms. The molecule has 112 valence electrons. The minimum absolute atomic E-state index is 0.741. The van der Waals surface area contributed by atoms with Gasteiger partial charge in [-0.15, -0.1) is 11.3 Å². The Balaban J connectivity index is 1.99. The van der Waals surface area contributed by atoms with E-state index in [1.165, 1.54) is 20.9 Å². The lowest BCUT2D eigenvalue weighted by Crippen LogP contribution is -2.20. The third-order valence-electron chi connectivity index (χ3n) is 3.01. The maximum atomic E-state index is 6.04. The number of benzene rings is 1. The molecule has 2 nitrogen and oxygen atoms in total. The summed E-state index contributed by atoms with van der Waals surface area (Å²) in [7, 11) is 1.72. The summed E-state index contributed by atoms with van der Waals surface area (Å²) in [5.74, 6) is 0. The zero-order valence-corrected chi connectivity index (χ0v) is 13.9. The van der Waals surface area contributed by atoms with Gasteiger partial charge in [-0.25, -0.2) is 0 Å². The first kappa shape index (κ1) is 16.2. The van der Waals surface area contributed by atoms with E-state index in [1.807, 2.05) is 18.2 Å². The van der Waals surface area contributed by atoms with Crippen molar-refractivity contribution in [3.63, 3.8) is 0 Å². The molecule has 0 amide bonds. The number of nitrogens with one attached hydrogen (secondary N) is 1. The summed E-state index contributed by atoms with van der Waals surface area (Å²) in [6.07, 6.45) is 2.22. The third kappa shape index (κ3) is 5.29. The molecule has 2 aromatic rings. The smallest absolute Gasteiger partial charge is 0.0587 e. The number of methoxy groups -OCH3 is 1. The number of rotatable bonds is 7. The maximum absolute atomic E-state index is 6.04. The first-order chi connectivity index (χ1) is 10.2. The highest BCUT2D eigenvalue weighted by Gasteiger charge is 2.02. The van der Waals surface area contributed by atoms with Crippen molar-refractivity contribution >= 4 is 29.0 Å². The van der Waals surface area contributed by atoms with Gasteiger partial charge < -0.3 is 10.1 Å². The van der Waals surface area contributed by atoms with Gasteiger partial charge in [0.15, 0.2) is 0 Å². The molecule has 1 N–H and O–H groups in total. The normalized spacial score (nSPS) is 11.9. The van der Waals surface area contributed by atoms with E-state index >= 15 is 0 Å². The van der Waals surface area contributed by atoms with Crippen molar-refractivity contribution in [2.45, 2.75) is 6.92 Å². The van der Waals surface area contributed by atoms with Crippen LogP contribution in [-0.4, -0.2) is 26.8 Å². The van der Waals surface area contributed by atoms with Gasteiger partial charge in [0.05, 0.1) is 6.61 Å². The zero-order valence-electron chi connectivity index (χ0n) is 12.4. The molecule has 0 spiro atoms. The van der Waals surface area contributed by atoms with Crippen molar-refractivity contribution in [1.82, 2.24) is 5.32 Å². The number of hydrogen-bond acceptors (Lipinski definition) is 3. The van der Waals surface area contributed by atoms with E-state index in [0.717, 1.165) is 24.7 Å². The van der Waals surface area contributed by atoms with Crippen LogP contribution in [0.3, 0.4) is 0 Å². The van der Waals surface area contributed by atoms with Crippen molar-refractivity contribution in [3.05, 3.63) is 51.9 Å². The van der Waals surface area contributed by atoms with Crippen LogP contribution in [0, 0.1) is 0 Å². The summed E-state index contributed by atoms with van der Waals surface area (Å²) in [4.78, 5) is 2.50. The second kappa shape index (κ2) is 8.35. The fraction of sp³-hybridized carbons (Fsp3) is 0.294.